The maximum atomic E-state index is 8.67. The van der Waals surface area contributed by atoms with Gasteiger partial charge in [0, 0.05) is 5.56 Å². The van der Waals surface area contributed by atoms with E-state index in [0.717, 1.165) is 12.0 Å². The molecular formula is C14H12N6O. The third-order valence-electron chi connectivity index (χ3n) is 3.02. The summed E-state index contributed by atoms with van der Waals surface area (Å²) in [7, 11) is 0. The minimum atomic E-state index is 0.116. The summed E-state index contributed by atoms with van der Waals surface area (Å²) in [5, 5.41) is 16.6. The molecule has 0 atom stereocenters. The third-order valence-corrected chi connectivity index (χ3v) is 3.02. The zero-order valence-corrected chi connectivity index (χ0v) is 11.4. The average molecular weight is 280 g/mol. The van der Waals surface area contributed by atoms with Gasteiger partial charge in [0.25, 0.3) is 5.82 Å². The molecule has 1 aromatic carbocycles. The van der Waals surface area contributed by atoms with Crippen LogP contribution in [0.15, 0.2) is 35.1 Å². The Hall–Kier alpha value is -3.01. The van der Waals surface area contributed by atoms with Crippen LogP contribution in [0.4, 0.5) is 0 Å². The lowest BCUT2D eigenvalue weighted by molar-refractivity contribution is 0.366. The predicted molar refractivity (Wildman–Crippen MR) is 73.0 cm³/mol. The van der Waals surface area contributed by atoms with E-state index < -0.39 is 0 Å². The molecular weight excluding hydrogens is 268 g/mol. The molecule has 0 aliphatic carbocycles. The van der Waals surface area contributed by atoms with Gasteiger partial charge in [-0.3, -0.25) is 0 Å². The van der Waals surface area contributed by atoms with Crippen LogP contribution in [0.25, 0.3) is 11.4 Å². The van der Waals surface area contributed by atoms with Crippen LogP contribution in [0.3, 0.4) is 0 Å². The van der Waals surface area contributed by atoms with Crippen LogP contribution in [0.1, 0.15) is 24.2 Å². The van der Waals surface area contributed by atoms with E-state index in [1.54, 1.807) is 0 Å². The molecule has 21 heavy (non-hydrogen) atoms. The summed E-state index contributed by atoms with van der Waals surface area (Å²) < 4.78 is 6.67. The lowest BCUT2D eigenvalue weighted by atomic mass is 10.1. The molecule has 0 spiro atoms. The van der Waals surface area contributed by atoms with E-state index in [2.05, 4.69) is 27.1 Å². The van der Waals surface area contributed by atoms with Gasteiger partial charge >= 0.3 is 0 Å². The topological polar surface area (TPSA) is 93.4 Å². The number of aromatic nitrogens is 5. The number of hydrogen-bond acceptors (Lipinski definition) is 6. The first kappa shape index (κ1) is 13.0. The molecule has 3 aromatic rings. The van der Waals surface area contributed by atoms with Gasteiger partial charge in [-0.25, -0.2) is 9.67 Å². The normalized spacial score (nSPS) is 10.5. The Kier molecular flexibility index (Phi) is 3.43. The highest BCUT2D eigenvalue weighted by atomic mass is 16.5. The van der Waals surface area contributed by atoms with Crippen molar-refractivity contribution in [3.63, 3.8) is 0 Å². The molecule has 2 aromatic heterocycles. The fourth-order valence-corrected chi connectivity index (χ4v) is 1.89. The summed E-state index contributed by atoms with van der Waals surface area (Å²) in [6.45, 7) is 2.39. The maximum absolute atomic E-state index is 8.67. The summed E-state index contributed by atoms with van der Waals surface area (Å²) in [5.74, 6) is 1.07. The molecule has 2 heterocycles. The van der Waals surface area contributed by atoms with E-state index in [4.69, 9.17) is 9.78 Å². The molecule has 0 saturated heterocycles. The SMILES string of the molecule is CCc1ccc(-c2noc(Cn3cnc(C#N)n3)n2)cc1. The Morgan fingerprint density at radius 3 is 2.76 bits per heavy atom. The molecule has 0 bridgehead atoms. The monoisotopic (exact) mass is 280 g/mol. The molecule has 3 rings (SSSR count). The van der Waals surface area contributed by atoms with Crippen molar-refractivity contribution in [2.24, 2.45) is 0 Å². The number of aryl methyl sites for hydroxylation is 1. The highest BCUT2D eigenvalue weighted by Crippen LogP contribution is 2.17. The molecule has 0 unspecified atom stereocenters. The van der Waals surface area contributed by atoms with Gasteiger partial charge in [0.05, 0.1) is 0 Å². The van der Waals surface area contributed by atoms with E-state index in [0.29, 0.717) is 11.7 Å². The molecule has 0 aliphatic rings. The molecule has 0 fully saturated rings. The van der Waals surface area contributed by atoms with Gasteiger partial charge < -0.3 is 4.52 Å². The van der Waals surface area contributed by atoms with Crippen molar-refractivity contribution < 1.29 is 4.52 Å². The average Bonchev–Trinajstić information content (AvgIpc) is 3.17. The van der Waals surface area contributed by atoms with Gasteiger partial charge in [-0.05, 0) is 12.0 Å². The first-order chi connectivity index (χ1) is 10.3. The van der Waals surface area contributed by atoms with Crippen molar-refractivity contribution in [2.45, 2.75) is 19.9 Å². The third kappa shape index (κ3) is 2.79. The summed E-state index contributed by atoms with van der Waals surface area (Å²) in [6.07, 6.45) is 2.45. The van der Waals surface area contributed by atoms with Gasteiger partial charge in [-0.2, -0.15) is 10.2 Å². The molecule has 0 N–H and O–H groups in total. The van der Waals surface area contributed by atoms with Crippen molar-refractivity contribution >= 4 is 0 Å². The second-order valence-corrected chi connectivity index (χ2v) is 4.44. The summed E-state index contributed by atoms with van der Waals surface area (Å²) in [6, 6.07) is 9.89. The Morgan fingerprint density at radius 2 is 2.10 bits per heavy atom. The number of hydrogen-bond donors (Lipinski definition) is 0. The van der Waals surface area contributed by atoms with Crippen LogP contribution in [-0.4, -0.2) is 24.9 Å². The molecule has 0 aliphatic heterocycles. The van der Waals surface area contributed by atoms with E-state index in [1.807, 2.05) is 30.3 Å². The molecule has 0 amide bonds. The van der Waals surface area contributed by atoms with Crippen LogP contribution >= 0.6 is 0 Å². The van der Waals surface area contributed by atoms with Crippen molar-refractivity contribution in [1.29, 1.82) is 5.26 Å². The minimum absolute atomic E-state index is 0.116. The van der Waals surface area contributed by atoms with E-state index >= 15 is 0 Å². The standard InChI is InChI=1S/C14H12N6O/c1-2-10-3-5-11(6-4-10)14-17-13(21-19-14)8-20-9-16-12(7-15)18-20/h3-6,9H,2,8H2,1H3. The first-order valence-corrected chi connectivity index (χ1v) is 6.50. The van der Waals surface area contributed by atoms with Crippen LogP contribution in [0.5, 0.6) is 0 Å². The number of rotatable bonds is 4. The number of benzene rings is 1. The van der Waals surface area contributed by atoms with Gasteiger partial charge in [-0.15, -0.1) is 5.10 Å². The number of nitriles is 1. The lowest BCUT2D eigenvalue weighted by Gasteiger charge is -1.97. The highest BCUT2D eigenvalue weighted by molar-refractivity contribution is 5.54. The van der Waals surface area contributed by atoms with Crippen LogP contribution < -0.4 is 0 Å². The van der Waals surface area contributed by atoms with Gasteiger partial charge in [0.15, 0.2) is 0 Å². The quantitative estimate of drug-likeness (QED) is 0.723. The van der Waals surface area contributed by atoms with Gasteiger partial charge in [0.2, 0.25) is 11.7 Å². The van der Waals surface area contributed by atoms with E-state index in [-0.39, 0.29) is 12.4 Å². The van der Waals surface area contributed by atoms with Crippen molar-refractivity contribution in [3.8, 4) is 17.5 Å². The summed E-state index contributed by atoms with van der Waals surface area (Å²) in [4.78, 5) is 8.13. The fourth-order valence-electron chi connectivity index (χ4n) is 1.89. The van der Waals surface area contributed by atoms with Crippen LogP contribution in [0.2, 0.25) is 0 Å². The second-order valence-electron chi connectivity index (χ2n) is 4.44. The van der Waals surface area contributed by atoms with Crippen molar-refractivity contribution in [1.82, 2.24) is 24.9 Å². The molecule has 7 nitrogen and oxygen atoms in total. The van der Waals surface area contributed by atoms with E-state index in [9.17, 15) is 0 Å². The second kappa shape index (κ2) is 5.54. The van der Waals surface area contributed by atoms with Crippen LogP contribution in [0, 0.1) is 11.3 Å². The number of nitrogens with zero attached hydrogens (tertiary/aromatic N) is 6. The van der Waals surface area contributed by atoms with Crippen molar-refractivity contribution in [2.75, 3.05) is 0 Å². The zero-order valence-electron chi connectivity index (χ0n) is 11.4. The van der Waals surface area contributed by atoms with Gasteiger partial charge in [-0.1, -0.05) is 36.3 Å². The minimum Gasteiger partial charge on any atom is -0.337 e. The molecule has 7 heteroatoms. The highest BCUT2D eigenvalue weighted by Gasteiger charge is 2.10. The van der Waals surface area contributed by atoms with Gasteiger partial charge in [0.1, 0.15) is 18.9 Å². The predicted octanol–water partition coefficient (Wildman–Crippen LogP) is 1.81. The van der Waals surface area contributed by atoms with E-state index in [1.165, 1.54) is 16.6 Å². The first-order valence-electron chi connectivity index (χ1n) is 6.50. The Morgan fingerprint density at radius 1 is 1.29 bits per heavy atom. The summed E-state index contributed by atoms with van der Waals surface area (Å²) in [5.41, 5.74) is 2.16. The lowest BCUT2D eigenvalue weighted by Crippen LogP contribution is -2.00. The summed E-state index contributed by atoms with van der Waals surface area (Å²) >= 11 is 0. The Bertz CT molecular complexity index is 780. The Balaban J connectivity index is 1.77. The fraction of sp³-hybridized carbons (Fsp3) is 0.214. The largest absolute Gasteiger partial charge is 0.337 e. The van der Waals surface area contributed by atoms with Crippen molar-refractivity contribution in [3.05, 3.63) is 47.9 Å². The maximum Gasteiger partial charge on any atom is 0.252 e. The molecule has 0 saturated carbocycles. The smallest absolute Gasteiger partial charge is 0.252 e. The molecule has 0 radical (unpaired) electrons. The van der Waals surface area contributed by atoms with Crippen LogP contribution in [-0.2, 0) is 13.0 Å². The Labute approximate surface area is 120 Å². The molecule has 104 valence electrons. The zero-order chi connectivity index (χ0) is 14.7.